The number of aryl methyl sites for hydroxylation is 1. The molecule has 1 aromatic heterocycles. The molecule has 0 bridgehead atoms. The number of nitrogens with zero attached hydrogens (tertiary/aromatic N) is 3. The quantitative estimate of drug-likeness (QED) is 0.823. The topological polar surface area (TPSA) is 42.3 Å². The molecule has 5 heteroatoms. The lowest BCUT2D eigenvalue weighted by Crippen LogP contribution is -2.47. The van der Waals surface area contributed by atoms with Crippen LogP contribution in [0.15, 0.2) is 6.20 Å². The summed E-state index contributed by atoms with van der Waals surface area (Å²) in [5.74, 6) is 0. The largest absolute Gasteiger partial charge is 0.374 e. The third kappa shape index (κ3) is 2.36. The van der Waals surface area contributed by atoms with Crippen LogP contribution < -0.4 is 5.32 Å². The number of rotatable bonds is 3. The van der Waals surface area contributed by atoms with Crippen LogP contribution in [0, 0.1) is 6.92 Å². The maximum atomic E-state index is 5.88. The van der Waals surface area contributed by atoms with E-state index in [1.54, 1.807) is 0 Å². The van der Waals surface area contributed by atoms with Gasteiger partial charge in [0, 0.05) is 31.4 Å². The Kier molecular flexibility index (Phi) is 3.81. The second kappa shape index (κ2) is 5.16. The van der Waals surface area contributed by atoms with E-state index in [-0.39, 0.29) is 6.10 Å². The minimum atomic E-state index is 0.196. The van der Waals surface area contributed by atoms with Gasteiger partial charge in [0.2, 0.25) is 0 Å². The van der Waals surface area contributed by atoms with Crippen LogP contribution in [0.4, 0.5) is 0 Å². The van der Waals surface area contributed by atoms with Crippen molar-refractivity contribution in [1.82, 2.24) is 20.0 Å². The maximum absolute atomic E-state index is 5.88. The summed E-state index contributed by atoms with van der Waals surface area (Å²) in [6.07, 6.45) is 2.16. The average Bonchev–Trinajstić information content (AvgIpc) is 2.61. The second-order valence-electron chi connectivity index (χ2n) is 4.70. The second-order valence-corrected chi connectivity index (χ2v) is 4.70. The van der Waals surface area contributed by atoms with Gasteiger partial charge in [-0.15, -0.1) is 0 Å². The number of morpholine rings is 1. The molecule has 0 saturated carbocycles. The number of aromatic nitrogens is 2. The van der Waals surface area contributed by atoms with Crippen molar-refractivity contribution in [1.29, 1.82) is 0 Å². The highest BCUT2D eigenvalue weighted by Gasteiger charge is 2.33. The highest BCUT2D eigenvalue weighted by atomic mass is 16.5. The van der Waals surface area contributed by atoms with Crippen molar-refractivity contribution in [2.75, 3.05) is 33.8 Å². The van der Waals surface area contributed by atoms with Crippen molar-refractivity contribution in [3.8, 4) is 0 Å². The molecular weight excluding hydrogens is 216 g/mol. The summed E-state index contributed by atoms with van der Waals surface area (Å²) in [5, 5.41) is 7.54. The molecule has 1 aromatic rings. The summed E-state index contributed by atoms with van der Waals surface area (Å²) in [5.41, 5.74) is 2.49. The minimum absolute atomic E-state index is 0.196. The van der Waals surface area contributed by atoms with E-state index in [9.17, 15) is 0 Å². The van der Waals surface area contributed by atoms with E-state index in [2.05, 4.69) is 29.3 Å². The molecule has 17 heavy (non-hydrogen) atoms. The fourth-order valence-corrected chi connectivity index (χ4v) is 2.48. The van der Waals surface area contributed by atoms with Crippen molar-refractivity contribution < 1.29 is 4.74 Å². The van der Waals surface area contributed by atoms with Gasteiger partial charge in [0.25, 0.3) is 0 Å². The Balaban J connectivity index is 2.27. The monoisotopic (exact) mass is 238 g/mol. The standard InChI is InChI=1S/C12H22N4O/c1-9-10(7-14-16(9)4)12-11(8-13-2)17-6-5-15(12)3/h7,11-13H,5-6,8H2,1-4H3. The van der Waals surface area contributed by atoms with Crippen LogP contribution in [-0.4, -0.2) is 54.6 Å². The van der Waals surface area contributed by atoms with E-state index in [1.807, 2.05) is 25.0 Å². The smallest absolute Gasteiger partial charge is 0.0897 e. The molecule has 0 spiro atoms. The van der Waals surface area contributed by atoms with Gasteiger partial charge in [0.15, 0.2) is 0 Å². The molecule has 1 N–H and O–H groups in total. The lowest BCUT2D eigenvalue weighted by molar-refractivity contribution is -0.0608. The lowest BCUT2D eigenvalue weighted by atomic mass is 9.99. The SMILES string of the molecule is CNCC1OCCN(C)C1c1cnn(C)c1C. The van der Waals surface area contributed by atoms with E-state index in [0.29, 0.717) is 6.04 Å². The third-order valence-corrected chi connectivity index (χ3v) is 3.60. The van der Waals surface area contributed by atoms with Crippen molar-refractivity contribution >= 4 is 0 Å². The van der Waals surface area contributed by atoms with E-state index in [4.69, 9.17) is 4.74 Å². The van der Waals surface area contributed by atoms with Crippen LogP contribution in [0.5, 0.6) is 0 Å². The Labute approximate surface area is 103 Å². The molecule has 0 amide bonds. The van der Waals surface area contributed by atoms with Crippen molar-refractivity contribution in [2.24, 2.45) is 7.05 Å². The zero-order chi connectivity index (χ0) is 12.4. The highest BCUT2D eigenvalue weighted by molar-refractivity contribution is 5.22. The molecule has 96 valence electrons. The zero-order valence-electron chi connectivity index (χ0n) is 11.1. The molecule has 1 aliphatic heterocycles. The third-order valence-electron chi connectivity index (χ3n) is 3.60. The van der Waals surface area contributed by atoms with E-state index >= 15 is 0 Å². The van der Waals surface area contributed by atoms with Crippen LogP contribution in [-0.2, 0) is 11.8 Å². The maximum Gasteiger partial charge on any atom is 0.0897 e. The Hall–Kier alpha value is -0.910. The van der Waals surface area contributed by atoms with Crippen LogP contribution in [0.1, 0.15) is 17.3 Å². The number of hydrogen-bond donors (Lipinski definition) is 1. The number of hydrogen-bond acceptors (Lipinski definition) is 4. The molecule has 2 atom stereocenters. The first-order chi connectivity index (χ1) is 8.15. The normalized spacial score (nSPS) is 26.4. The molecule has 2 rings (SSSR count). The van der Waals surface area contributed by atoms with Crippen LogP contribution in [0.3, 0.4) is 0 Å². The molecule has 0 aromatic carbocycles. The molecular formula is C12H22N4O. The Morgan fingerprint density at radius 2 is 2.29 bits per heavy atom. The summed E-state index contributed by atoms with van der Waals surface area (Å²) >= 11 is 0. The van der Waals surface area contributed by atoms with Crippen molar-refractivity contribution in [3.63, 3.8) is 0 Å². The molecule has 5 nitrogen and oxygen atoms in total. The molecule has 1 saturated heterocycles. The van der Waals surface area contributed by atoms with Crippen LogP contribution in [0.2, 0.25) is 0 Å². The van der Waals surface area contributed by atoms with Crippen LogP contribution in [0.25, 0.3) is 0 Å². The molecule has 0 radical (unpaired) electrons. The van der Waals surface area contributed by atoms with Gasteiger partial charge in [0.05, 0.1) is 24.9 Å². The molecule has 0 aliphatic carbocycles. The minimum Gasteiger partial charge on any atom is -0.374 e. The first-order valence-electron chi connectivity index (χ1n) is 6.10. The number of nitrogens with one attached hydrogen (secondary N) is 1. The Morgan fingerprint density at radius 3 is 2.88 bits per heavy atom. The summed E-state index contributed by atoms with van der Waals surface area (Å²) in [6.45, 7) is 4.75. The first kappa shape index (κ1) is 12.5. The van der Waals surface area contributed by atoms with Crippen molar-refractivity contribution in [3.05, 3.63) is 17.5 Å². The van der Waals surface area contributed by atoms with E-state index in [0.717, 1.165) is 19.7 Å². The summed E-state index contributed by atoms with van der Waals surface area (Å²) in [7, 11) is 6.10. The summed E-state index contributed by atoms with van der Waals surface area (Å²) in [4.78, 5) is 2.36. The van der Waals surface area contributed by atoms with E-state index in [1.165, 1.54) is 11.3 Å². The van der Waals surface area contributed by atoms with E-state index < -0.39 is 0 Å². The summed E-state index contributed by atoms with van der Waals surface area (Å²) < 4.78 is 7.80. The van der Waals surface area contributed by atoms with Crippen molar-refractivity contribution in [2.45, 2.75) is 19.1 Å². The van der Waals surface area contributed by atoms with Gasteiger partial charge in [0.1, 0.15) is 0 Å². The Bertz CT molecular complexity index is 375. The number of ether oxygens (including phenoxy) is 1. The zero-order valence-corrected chi connectivity index (χ0v) is 11.1. The first-order valence-corrected chi connectivity index (χ1v) is 6.10. The predicted molar refractivity (Wildman–Crippen MR) is 67.0 cm³/mol. The summed E-state index contributed by atoms with van der Waals surface area (Å²) in [6, 6.07) is 0.296. The highest BCUT2D eigenvalue weighted by Crippen LogP contribution is 2.29. The number of likely N-dealkylation sites (N-methyl/N-ethyl adjacent to an activating group) is 2. The van der Waals surface area contributed by atoms with Crippen LogP contribution >= 0.6 is 0 Å². The lowest BCUT2D eigenvalue weighted by Gasteiger charge is -2.39. The molecule has 1 fully saturated rings. The van der Waals surface area contributed by atoms with Gasteiger partial charge < -0.3 is 10.1 Å². The fourth-order valence-electron chi connectivity index (χ4n) is 2.48. The van der Waals surface area contributed by atoms with Gasteiger partial charge in [-0.05, 0) is 21.0 Å². The van der Waals surface area contributed by atoms with Gasteiger partial charge >= 0.3 is 0 Å². The van der Waals surface area contributed by atoms with Gasteiger partial charge in [-0.25, -0.2) is 0 Å². The van der Waals surface area contributed by atoms with Gasteiger partial charge in [-0.1, -0.05) is 0 Å². The molecule has 2 unspecified atom stereocenters. The van der Waals surface area contributed by atoms with Gasteiger partial charge in [-0.3, -0.25) is 9.58 Å². The molecule has 1 aliphatic rings. The average molecular weight is 238 g/mol. The van der Waals surface area contributed by atoms with Gasteiger partial charge in [-0.2, -0.15) is 5.10 Å². The molecule has 2 heterocycles. The fraction of sp³-hybridized carbons (Fsp3) is 0.750. The predicted octanol–water partition coefficient (Wildman–Crippen LogP) is 0.320. The Morgan fingerprint density at radius 1 is 1.53 bits per heavy atom.